The molecule has 1 aromatic heterocycles. The molecule has 5 heteroatoms. The number of para-hydroxylation sites is 1. The van der Waals surface area contributed by atoms with Gasteiger partial charge in [0.2, 0.25) is 5.88 Å². The van der Waals surface area contributed by atoms with Gasteiger partial charge in [0, 0.05) is 30.2 Å². The molecule has 0 radical (unpaired) electrons. The average molecular weight is 403 g/mol. The number of hydrogen-bond donors (Lipinski definition) is 1. The number of nitrogens with zero attached hydrogens (tertiary/aromatic N) is 1. The zero-order valence-corrected chi connectivity index (χ0v) is 17.0. The minimum atomic E-state index is -0.819. The second-order valence-electron chi connectivity index (χ2n) is 6.85. The van der Waals surface area contributed by atoms with Crippen LogP contribution in [0, 0.1) is 11.8 Å². The topological polar surface area (TPSA) is 68.7 Å². The molecule has 0 spiro atoms. The van der Waals surface area contributed by atoms with E-state index in [0.29, 0.717) is 37.3 Å². The number of carbonyl (C=O) groups excluding carboxylic acids is 1. The number of aromatic nitrogens is 1. The molecule has 0 saturated carbocycles. The molecule has 1 atom stereocenters. The van der Waals surface area contributed by atoms with Gasteiger partial charge in [0.15, 0.2) is 0 Å². The summed E-state index contributed by atoms with van der Waals surface area (Å²) >= 11 is 0. The summed E-state index contributed by atoms with van der Waals surface area (Å²) in [7, 11) is 1.37. The van der Waals surface area contributed by atoms with Crippen LogP contribution in [0.1, 0.15) is 42.9 Å². The Morgan fingerprint density at radius 1 is 1.10 bits per heavy atom. The van der Waals surface area contributed by atoms with Crippen LogP contribution in [0.2, 0.25) is 0 Å². The summed E-state index contributed by atoms with van der Waals surface area (Å²) < 4.78 is 10.6. The Labute approximate surface area is 176 Å². The monoisotopic (exact) mass is 403 g/mol. The van der Waals surface area contributed by atoms with Gasteiger partial charge in [-0.25, -0.2) is 4.98 Å². The molecule has 2 aromatic carbocycles. The fourth-order valence-electron chi connectivity index (χ4n) is 2.99. The number of ether oxygens (including phenoxy) is 2. The SMILES string of the molecule is COC(=O)CCCC#CCC(O)c1cc2ccccc2nc1OCc1ccccc1. The summed E-state index contributed by atoms with van der Waals surface area (Å²) in [4.78, 5) is 15.7. The van der Waals surface area contributed by atoms with E-state index in [2.05, 4.69) is 21.6 Å². The van der Waals surface area contributed by atoms with Gasteiger partial charge in [-0.3, -0.25) is 4.79 Å². The number of aliphatic hydroxyl groups is 1. The number of rotatable bonds is 8. The highest BCUT2D eigenvalue weighted by molar-refractivity contribution is 5.80. The minimum Gasteiger partial charge on any atom is -0.473 e. The molecular formula is C25H25NO4. The number of unbranched alkanes of at least 4 members (excludes halogenated alkanes) is 1. The van der Waals surface area contributed by atoms with E-state index in [9.17, 15) is 9.90 Å². The molecule has 0 bridgehead atoms. The Morgan fingerprint density at radius 3 is 2.67 bits per heavy atom. The third kappa shape index (κ3) is 6.07. The zero-order chi connectivity index (χ0) is 21.2. The third-order valence-corrected chi connectivity index (χ3v) is 4.62. The molecule has 0 aliphatic heterocycles. The lowest BCUT2D eigenvalue weighted by molar-refractivity contribution is -0.140. The van der Waals surface area contributed by atoms with Crippen molar-refractivity contribution >= 4 is 16.9 Å². The van der Waals surface area contributed by atoms with E-state index in [1.165, 1.54) is 7.11 Å². The second-order valence-corrected chi connectivity index (χ2v) is 6.85. The summed E-state index contributed by atoms with van der Waals surface area (Å²) in [5.74, 6) is 6.17. The maximum Gasteiger partial charge on any atom is 0.305 e. The van der Waals surface area contributed by atoms with Crippen LogP contribution < -0.4 is 4.74 Å². The molecular weight excluding hydrogens is 378 g/mol. The lowest BCUT2D eigenvalue weighted by Gasteiger charge is -2.15. The van der Waals surface area contributed by atoms with Gasteiger partial charge in [-0.05, 0) is 24.1 Å². The van der Waals surface area contributed by atoms with Gasteiger partial charge in [0.25, 0.3) is 0 Å². The van der Waals surface area contributed by atoms with Crippen molar-refractivity contribution in [3.8, 4) is 17.7 Å². The van der Waals surface area contributed by atoms with E-state index in [1.54, 1.807) is 0 Å². The molecule has 1 N–H and O–H groups in total. The molecule has 3 aromatic rings. The summed E-state index contributed by atoms with van der Waals surface area (Å²) in [5.41, 5.74) is 2.46. The van der Waals surface area contributed by atoms with Crippen LogP contribution in [0.5, 0.6) is 5.88 Å². The molecule has 0 aliphatic rings. The Kier molecular flexibility index (Phi) is 7.82. The normalized spacial score (nSPS) is 11.4. The third-order valence-electron chi connectivity index (χ3n) is 4.62. The predicted octanol–water partition coefficient (Wildman–Crippen LogP) is 4.58. The van der Waals surface area contributed by atoms with Crippen LogP contribution >= 0.6 is 0 Å². The molecule has 3 rings (SSSR count). The minimum absolute atomic E-state index is 0.237. The van der Waals surface area contributed by atoms with E-state index < -0.39 is 6.10 Å². The average Bonchev–Trinajstić information content (AvgIpc) is 2.79. The molecule has 0 fully saturated rings. The first-order valence-corrected chi connectivity index (χ1v) is 9.94. The van der Waals surface area contributed by atoms with Gasteiger partial charge in [-0.1, -0.05) is 48.5 Å². The predicted molar refractivity (Wildman–Crippen MR) is 116 cm³/mol. The van der Waals surface area contributed by atoms with Gasteiger partial charge >= 0.3 is 5.97 Å². The van der Waals surface area contributed by atoms with Crippen LogP contribution in [0.25, 0.3) is 10.9 Å². The maximum atomic E-state index is 11.1. The number of aliphatic hydroxyl groups excluding tert-OH is 1. The molecule has 0 aliphatic carbocycles. The van der Waals surface area contributed by atoms with Gasteiger partial charge in [-0.15, -0.1) is 11.8 Å². The van der Waals surface area contributed by atoms with Crippen molar-refractivity contribution in [1.29, 1.82) is 0 Å². The van der Waals surface area contributed by atoms with E-state index in [4.69, 9.17) is 4.74 Å². The Balaban J connectivity index is 1.71. The van der Waals surface area contributed by atoms with Crippen molar-refractivity contribution in [3.05, 3.63) is 71.8 Å². The molecule has 30 heavy (non-hydrogen) atoms. The quantitative estimate of drug-likeness (QED) is 0.339. The number of fused-ring (bicyclic) bond motifs is 1. The van der Waals surface area contributed by atoms with E-state index in [-0.39, 0.29) is 12.4 Å². The van der Waals surface area contributed by atoms with Crippen LogP contribution in [-0.2, 0) is 16.1 Å². The summed E-state index contributed by atoms with van der Waals surface area (Å²) in [6.45, 7) is 0.366. The highest BCUT2D eigenvalue weighted by atomic mass is 16.5. The number of hydrogen-bond acceptors (Lipinski definition) is 5. The number of benzene rings is 2. The number of carbonyl (C=O) groups is 1. The van der Waals surface area contributed by atoms with Crippen molar-refractivity contribution in [2.45, 2.75) is 38.4 Å². The van der Waals surface area contributed by atoms with Crippen molar-refractivity contribution in [1.82, 2.24) is 4.98 Å². The summed E-state index contributed by atoms with van der Waals surface area (Å²) in [6, 6.07) is 19.5. The fourth-order valence-corrected chi connectivity index (χ4v) is 2.99. The van der Waals surface area contributed by atoms with Crippen molar-refractivity contribution in [2.75, 3.05) is 7.11 Å². The Hall–Kier alpha value is -3.36. The van der Waals surface area contributed by atoms with E-state index >= 15 is 0 Å². The molecule has 1 heterocycles. The largest absolute Gasteiger partial charge is 0.473 e. The van der Waals surface area contributed by atoms with Gasteiger partial charge < -0.3 is 14.6 Å². The summed E-state index contributed by atoms with van der Waals surface area (Å²) in [6.07, 6.45) is 1.01. The zero-order valence-electron chi connectivity index (χ0n) is 17.0. The van der Waals surface area contributed by atoms with E-state index in [1.807, 2.05) is 60.7 Å². The molecule has 5 nitrogen and oxygen atoms in total. The standard InChI is InChI=1S/C25H25NO4/c1-29-24(28)16-8-3-2-7-15-23(27)21-17-20-13-9-10-14-22(20)26-25(21)30-18-19-11-5-4-6-12-19/h4-6,9-14,17,23,27H,3,8,15-16,18H2,1H3. The second kappa shape index (κ2) is 11.0. The lowest BCUT2D eigenvalue weighted by atomic mass is 10.1. The molecule has 1 unspecified atom stereocenters. The van der Waals surface area contributed by atoms with Crippen LogP contribution in [0.3, 0.4) is 0 Å². The van der Waals surface area contributed by atoms with E-state index in [0.717, 1.165) is 16.5 Å². The number of esters is 1. The van der Waals surface area contributed by atoms with Gasteiger partial charge in [0.05, 0.1) is 18.7 Å². The molecule has 0 saturated heterocycles. The maximum absolute atomic E-state index is 11.1. The number of methoxy groups -OCH3 is 1. The van der Waals surface area contributed by atoms with Crippen LogP contribution in [-0.4, -0.2) is 23.2 Å². The smallest absolute Gasteiger partial charge is 0.305 e. The highest BCUT2D eigenvalue weighted by Crippen LogP contribution is 2.29. The van der Waals surface area contributed by atoms with Gasteiger partial charge in [0.1, 0.15) is 6.61 Å². The molecule has 154 valence electrons. The first-order chi connectivity index (χ1) is 14.7. The number of pyridine rings is 1. The highest BCUT2D eigenvalue weighted by Gasteiger charge is 2.16. The lowest BCUT2D eigenvalue weighted by Crippen LogP contribution is -2.05. The van der Waals surface area contributed by atoms with Crippen LogP contribution in [0.4, 0.5) is 0 Å². The molecule has 0 amide bonds. The van der Waals surface area contributed by atoms with Crippen molar-refractivity contribution in [2.24, 2.45) is 0 Å². The van der Waals surface area contributed by atoms with Crippen molar-refractivity contribution < 1.29 is 19.4 Å². The van der Waals surface area contributed by atoms with Crippen molar-refractivity contribution in [3.63, 3.8) is 0 Å². The first kappa shape index (κ1) is 21.4. The first-order valence-electron chi connectivity index (χ1n) is 9.94. The Bertz CT molecular complexity index is 1040. The Morgan fingerprint density at radius 2 is 1.87 bits per heavy atom. The van der Waals surface area contributed by atoms with Crippen LogP contribution in [0.15, 0.2) is 60.7 Å². The van der Waals surface area contributed by atoms with Gasteiger partial charge in [-0.2, -0.15) is 0 Å². The fraction of sp³-hybridized carbons (Fsp3) is 0.280. The summed E-state index contributed by atoms with van der Waals surface area (Å²) in [5, 5.41) is 11.7.